The van der Waals surface area contributed by atoms with E-state index >= 15 is 0 Å². The molecule has 3 heterocycles. The number of nitrogens with zero attached hydrogens (tertiary/aromatic N) is 5. The number of nitrogens with two attached hydrogens (primary N) is 1. The van der Waals surface area contributed by atoms with Crippen molar-refractivity contribution in [2.24, 2.45) is 0 Å². The van der Waals surface area contributed by atoms with E-state index < -0.39 is 5.54 Å². The van der Waals surface area contributed by atoms with Crippen molar-refractivity contribution < 1.29 is 4.74 Å². The Morgan fingerprint density at radius 2 is 1.92 bits per heavy atom. The van der Waals surface area contributed by atoms with Crippen LogP contribution < -0.4 is 21.3 Å². The van der Waals surface area contributed by atoms with Gasteiger partial charge in [0.25, 0.3) is 10.8 Å². The normalized spacial score (nSPS) is 13.7. The van der Waals surface area contributed by atoms with Crippen molar-refractivity contribution in [3.8, 4) is 22.1 Å². The minimum absolute atomic E-state index is 0.134. The van der Waals surface area contributed by atoms with Crippen molar-refractivity contribution in [3.05, 3.63) is 81.3 Å². The van der Waals surface area contributed by atoms with Gasteiger partial charge in [-0.3, -0.25) is 9.36 Å². The lowest BCUT2D eigenvalue weighted by atomic mass is 9.83. The Balaban J connectivity index is 1.66. The highest BCUT2D eigenvalue weighted by Gasteiger charge is 2.35. The molecule has 3 N–H and O–H groups in total. The topological polar surface area (TPSA) is 121 Å². The fourth-order valence-corrected chi connectivity index (χ4v) is 5.42. The lowest BCUT2D eigenvalue weighted by molar-refractivity contribution is 0.398. The number of aromatic nitrogens is 5. The van der Waals surface area contributed by atoms with E-state index in [0.717, 1.165) is 0 Å². The van der Waals surface area contributed by atoms with E-state index in [1.165, 1.54) is 11.3 Å². The van der Waals surface area contributed by atoms with Crippen molar-refractivity contribution >= 4 is 45.6 Å². The third-order valence-electron chi connectivity index (χ3n) is 7.11. The maximum absolute atomic E-state index is 13.9. The molecule has 0 aliphatic carbocycles. The van der Waals surface area contributed by atoms with Gasteiger partial charge in [-0.1, -0.05) is 61.1 Å². The van der Waals surface area contributed by atoms with Crippen molar-refractivity contribution in [3.63, 3.8) is 0 Å². The molecule has 0 fully saturated rings. The molecule has 9 nitrogen and oxygen atoms in total. The van der Waals surface area contributed by atoms with Gasteiger partial charge < -0.3 is 15.8 Å². The lowest BCUT2D eigenvalue weighted by Crippen LogP contribution is -2.42. The summed E-state index contributed by atoms with van der Waals surface area (Å²) in [4.78, 5) is 32.2. The predicted octanol–water partition coefficient (Wildman–Crippen LogP) is 5.93. The Kier molecular flexibility index (Phi) is 7.24. The van der Waals surface area contributed by atoms with Crippen LogP contribution in [-0.2, 0) is 0 Å². The third-order valence-corrected chi connectivity index (χ3v) is 8.23. The monoisotopic (exact) mass is 561 g/mol. The molecule has 0 bridgehead atoms. The molecule has 200 valence electrons. The lowest BCUT2D eigenvalue weighted by Gasteiger charge is -2.37. The fourth-order valence-electron chi connectivity index (χ4n) is 4.54. The van der Waals surface area contributed by atoms with Gasteiger partial charge in [0.15, 0.2) is 0 Å². The third kappa shape index (κ3) is 4.93. The summed E-state index contributed by atoms with van der Waals surface area (Å²) >= 11 is 7.86. The first-order valence-electron chi connectivity index (χ1n) is 12.4. The first kappa shape index (κ1) is 26.6. The maximum atomic E-state index is 13.9. The van der Waals surface area contributed by atoms with Gasteiger partial charge in [0.1, 0.15) is 11.6 Å². The average molecular weight is 562 g/mol. The van der Waals surface area contributed by atoms with Gasteiger partial charge in [0, 0.05) is 23.0 Å². The molecule has 2 aromatic carbocycles. The molecule has 0 aliphatic heterocycles. The quantitative estimate of drug-likeness (QED) is 0.239. The van der Waals surface area contributed by atoms with Crippen LogP contribution in [0.2, 0.25) is 5.02 Å². The van der Waals surface area contributed by atoms with E-state index in [1.807, 2.05) is 48.7 Å². The standard InChI is InChI=1S/C28H28ClN7O2S/c1-5-28(3,35-23-18(14-31-26(30)34-23)21-15-39-27(33-21)38-4)16(2)24-32-20-13-9-12-19(29)22(20)25(37)36(24)17-10-7-6-8-11-17/h6-16H,5H2,1-4H3,(H3,30,31,34,35). The predicted molar refractivity (Wildman–Crippen MR) is 157 cm³/mol. The van der Waals surface area contributed by atoms with Gasteiger partial charge in [0.2, 0.25) is 5.95 Å². The number of methoxy groups -OCH3 is 1. The zero-order valence-electron chi connectivity index (χ0n) is 22.0. The number of hydrogen-bond acceptors (Lipinski definition) is 9. The van der Waals surface area contributed by atoms with Crippen LogP contribution in [0.3, 0.4) is 0 Å². The molecule has 3 aromatic heterocycles. The van der Waals surface area contributed by atoms with Crippen LogP contribution in [0.1, 0.15) is 38.9 Å². The number of thiazole rings is 1. The molecule has 2 atom stereocenters. The molecule has 0 aliphatic rings. The van der Waals surface area contributed by atoms with Crippen LogP contribution >= 0.6 is 22.9 Å². The molecule has 11 heteroatoms. The second kappa shape index (κ2) is 10.6. The number of ether oxygens (including phenoxy) is 1. The van der Waals surface area contributed by atoms with Gasteiger partial charge in [-0.15, -0.1) is 0 Å². The van der Waals surface area contributed by atoms with Crippen LogP contribution in [0.25, 0.3) is 27.8 Å². The van der Waals surface area contributed by atoms with E-state index in [-0.39, 0.29) is 17.4 Å². The number of halogens is 1. The van der Waals surface area contributed by atoms with Crippen LogP contribution in [0, 0.1) is 0 Å². The highest BCUT2D eigenvalue weighted by molar-refractivity contribution is 7.11. The minimum Gasteiger partial charge on any atom is -0.473 e. The second-order valence-corrected chi connectivity index (χ2v) is 10.6. The Labute approximate surface area is 234 Å². The Hall–Kier alpha value is -4.02. The number of nitrogen functional groups attached to an aromatic ring is 1. The summed E-state index contributed by atoms with van der Waals surface area (Å²) in [6, 6.07) is 14.8. The molecule has 5 rings (SSSR count). The smallest absolute Gasteiger partial charge is 0.273 e. The van der Waals surface area contributed by atoms with E-state index in [9.17, 15) is 4.79 Å². The van der Waals surface area contributed by atoms with Crippen molar-refractivity contribution in [1.82, 2.24) is 24.5 Å². The fraction of sp³-hybridized carbons (Fsp3) is 0.250. The number of benzene rings is 2. The summed E-state index contributed by atoms with van der Waals surface area (Å²) in [5.74, 6) is 0.989. The zero-order chi connectivity index (χ0) is 27.7. The number of nitrogens with one attached hydrogen (secondary N) is 1. The minimum atomic E-state index is -0.613. The summed E-state index contributed by atoms with van der Waals surface area (Å²) in [5, 5.41) is 6.77. The average Bonchev–Trinajstić information content (AvgIpc) is 3.42. The first-order chi connectivity index (χ1) is 18.8. The molecule has 2 unspecified atom stereocenters. The molecule has 0 spiro atoms. The Morgan fingerprint density at radius 1 is 1.15 bits per heavy atom. The van der Waals surface area contributed by atoms with E-state index in [2.05, 4.69) is 34.1 Å². The van der Waals surface area contributed by atoms with Crippen LogP contribution in [0.4, 0.5) is 11.8 Å². The SMILES string of the molecule is CCC(C)(Nc1nc(N)ncc1-c1csc(OC)n1)C(C)c1nc2cccc(Cl)c2c(=O)n1-c1ccccc1. The van der Waals surface area contributed by atoms with Crippen molar-refractivity contribution in [1.29, 1.82) is 0 Å². The summed E-state index contributed by atoms with van der Waals surface area (Å²) in [6.45, 7) is 6.19. The number of hydrogen-bond donors (Lipinski definition) is 2. The van der Waals surface area contributed by atoms with E-state index in [4.69, 9.17) is 27.1 Å². The highest BCUT2D eigenvalue weighted by Crippen LogP contribution is 2.38. The van der Waals surface area contributed by atoms with Gasteiger partial charge in [-0.05, 0) is 37.6 Å². The number of anilines is 2. The van der Waals surface area contributed by atoms with Gasteiger partial charge in [-0.25, -0.2) is 15.0 Å². The van der Waals surface area contributed by atoms with Gasteiger partial charge >= 0.3 is 0 Å². The Bertz CT molecular complexity index is 1710. The summed E-state index contributed by atoms with van der Waals surface area (Å²) in [7, 11) is 1.58. The first-order valence-corrected chi connectivity index (χ1v) is 13.7. The summed E-state index contributed by atoms with van der Waals surface area (Å²) < 4.78 is 6.93. The largest absolute Gasteiger partial charge is 0.473 e. The maximum Gasteiger partial charge on any atom is 0.273 e. The highest BCUT2D eigenvalue weighted by atomic mass is 35.5. The summed E-state index contributed by atoms with van der Waals surface area (Å²) in [5.41, 5.74) is 7.78. The molecule has 0 saturated carbocycles. The second-order valence-electron chi connectivity index (χ2n) is 9.39. The molecule has 5 aromatic rings. The number of para-hydroxylation sites is 1. The number of rotatable bonds is 8. The van der Waals surface area contributed by atoms with Crippen LogP contribution in [0.5, 0.6) is 5.19 Å². The molecule has 0 saturated heterocycles. The van der Waals surface area contributed by atoms with Crippen molar-refractivity contribution in [2.75, 3.05) is 18.2 Å². The van der Waals surface area contributed by atoms with Crippen molar-refractivity contribution in [2.45, 2.75) is 38.6 Å². The van der Waals surface area contributed by atoms with Crippen LogP contribution in [-0.4, -0.2) is 37.2 Å². The van der Waals surface area contributed by atoms with Gasteiger partial charge in [0.05, 0.1) is 40.0 Å². The number of fused-ring (bicyclic) bond motifs is 1. The zero-order valence-corrected chi connectivity index (χ0v) is 23.5. The summed E-state index contributed by atoms with van der Waals surface area (Å²) in [6.07, 6.45) is 2.33. The molecule has 39 heavy (non-hydrogen) atoms. The van der Waals surface area contributed by atoms with Crippen LogP contribution in [0.15, 0.2) is 64.9 Å². The Morgan fingerprint density at radius 3 is 2.62 bits per heavy atom. The molecular formula is C28H28ClN7O2S. The molecular weight excluding hydrogens is 534 g/mol. The van der Waals surface area contributed by atoms with E-state index in [1.54, 1.807) is 30.0 Å². The van der Waals surface area contributed by atoms with E-state index in [0.29, 0.717) is 56.1 Å². The van der Waals surface area contributed by atoms with Gasteiger partial charge in [-0.2, -0.15) is 4.98 Å². The molecule has 0 radical (unpaired) electrons. The molecule has 0 amide bonds.